The summed E-state index contributed by atoms with van der Waals surface area (Å²) in [5, 5.41) is 8.12. The minimum Gasteiger partial charge on any atom is -0.434 e. The van der Waals surface area contributed by atoms with Crippen LogP contribution < -0.4 is 4.74 Å². The van der Waals surface area contributed by atoms with Gasteiger partial charge in [-0.25, -0.2) is 9.37 Å². The molecule has 0 bridgehead atoms. The molecule has 0 radical (unpaired) electrons. The van der Waals surface area contributed by atoms with E-state index in [4.69, 9.17) is 4.74 Å². The Morgan fingerprint density at radius 2 is 1.96 bits per heavy atom. The smallest absolute Gasteiger partial charge is 0.239 e. The van der Waals surface area contributed by atoms with Crippen molar-refractivity contribution < 1.29 is 9.13 Å². The highest BCUT2D eigenvalue weighted by molar-refractivity contribution is 5.49. The van der Waals surface area contributed by atoms with E-state index in [9.17, 15) is 4.39 Å². The molecule has 1 fully saturated rings. The van der Waals surface area contributed by atoms with Crippen LogP contribution in [-0.2, 0) is 13.6 Å². The molecule has 1 aliphatic heterocycles. The largest absolute Gasteiger partial charge is 0.434 e. The van der Waals surface area contributed by atoms with Gasteiger partial charge in [-0.1, -0.05) is 6.07 Å². The van der Waals surface area contributed by atoms with Gasteiger partial charge in [-0.05, 0) is 49.7 Å². The maximum atomic E-state index is 14.4. The van der Waals surface area contributed by atoms with Crippen LogP contribution in [0.2, 0.25) is 0 Å². The second kappa shape index (κ2) is 7.21. The van der Waals surface area contributed by atoms with Gasteiger partial charge in [0, 0.05) is 32.1 Å². The Morgan fingerprint density at radius 3 is 2.62 bits per heavy atom. The maximum absolute atomic E-state index is 14.4. The molecule has 26 heavy (non-hydrogen) atoms. The van der Waals surface area contributed by atoms with E-state index in [1.807, 2.05) is 23.9 Å². The standard InChI is InChI=1S/C19H20FN5O/c1-24-11-8-21-19(24)16-5-7-18(23-22-16)26-17-6-4-14(12-15(17)20)13-25-9-2-3-10-25/h4-8,11-12H,2-3,9-10,13H2,1H3. The minimum absolute atomic E-state index is 0.147. The first kappa shape index (κ1) is 16.7. The Morgan fingerprint density at radius 1 is 1.12 bits per heavy atom. The Balaban J connectivity index is 1.45. The van der Waals surface area contributed by atoms with Crippen LogP contribution in [0.1, 0.15) is 18.4 Å². The molecule has 4 rings (SSSR count). The third-order valence-corrected chi connectivity index (χ3v) is 4.51. The van der Waals surface area contributed by atoms with E-state index in [-0.39, 0.29) is 11.6 Å². The first-order chi connectivity index (χ1) is 12.7. The van der Waals surface area contributed by atoms with Crippen molar-refractivity contribution in [3.8, 4) is 23.1 Å². The van der Waals surface area contributed by atoms with Crippen LogP contribution in [0.4, 0.5) is 4.39 Å². The number of benzene rings is 1. The Bertz CT molecular complexity index is 887. The molecule has 0 spiro atoms. The highest BCUT2D eigenvalue weighted by Gasteiger charge is 2.14. The molecule has 7 heteroatoms. The van der Waals surface area contributed by atoms with Crippen molar-refractivity contribution in [1.29, 1.82) is 0 Å². The first-order valence-electron chi connectivity index (χ1n) is 8.69. The third-order valence-electron chi connectivity index (χ3n) is 4.51. The first-order valence-corrected chi connectivity index (χ1v) is 8.69. The Labute approximate surface area is 151 Å². The molecule has 3 aromatic rings. The van der Waals surface area contributed by atoms with Gasteiger partial charge in [0.1, 0.15) is 5.69 Å². The Hall–Kier alpha value is -2.80. The van der Waals surface area contributed by atoms with Gasteiger partial charge in [0.25, 0.3) is 0 Å². The lowest BCUT2D eigenvalue weighted by atomic mass is 10.2. The van der Waals surface area contributed by atoms with Gasteiger partial charge >= 0.3 is 0 Å². The highest BCUT2D eigenvalue weighted by Crippen LogP contribution is 2.25. The van der Waals surface area contributed by atoms with Gasteiger partial charge in [-0.2, -0.15) is 0 Å². The predicted molar refractivity (Wildman–Crippen MR) is 95.2 cm³/mol. The molecule has 0 amide bonds. The molecule has 3 heterocycles. The number of nitrogens with zero attached hydrogens (tertiary/aromatic N) is 5. The predicted octanol–water partition coefficient (Wildman–Crippen LogP) is 3.40. The molecule has 0 atom stereocenters. The van der Waals surface area contributed by atoms with Gasteiger partial charge in [0.05, 0.1) is 0 Å². The van der Waals surface area contributed by atoms with Crippen molar-refractivity contribution in [2.24, 2.45) is 7.05 Å². The molecule has 0 unspecified atom stereocenters. The molecule has 2 aromatic heterocycles. The SMILES string of the molecule is Cn1ccnc1-c1ccc(Oc2ccc(CN3CCCC3)cc2F)nn1. The van der Waals surface area contributed by atoms with Crippen molar-refractivity contribution in [2.75, 3.05) is 13.1 Å². The number of likely N-dealkylation sites (tertiary alicyclic amines) is 1. The summed E-state index contributed by atoms with van der Waals surface area (Å²) in [5.41, 5.74) is 1.58. The summed E-state index contributed by atoms with van der Waals surface area (Å²) in [7, 11) is 1.88. The van der Waals surface area contributed by atoms with Crippen LogP contribution in [0.25, 0.3) is 11.5 Å². The summed E-state index contributed by atoms with van der Waals surface area (Å²) < 4.78 is 21.8. The van der Waals surface area contributed by atoms with E-state index >= 15 is 0 Å². The molecular formula is C19H20FN5O. The monoisotopic (exact) mass is 353 g/mol. The fraction of sp³-hybridized carbons (Fsp3) is 0.316. The molecule has 0 aliphatic carbocycles. The second-order valence-corrected chi connectivity index (χ2v) is 6.47. The molecular weight excluding hydrogens is 333 g/mol. The van der Waals surface area contributed by atoms with E-state index in [2.05, 4.69) is 20.1 Å². The zero-order valence-corrected chi connectivity index (χ0v) is 14.6. The van der Waals surface area contributed by atoms with E-state index in [0.717, 1.165) is 25.2 Å². The molecule has 6 nitrogen and oxygen atoms in total. The number of aromatic nitrogens is 4. The zero-order chi connectivity index (χ0) is 17.9. The van der Waals surface area contributed by atoms with Crippen LogP contribution in [0.3, 0.4) is 0 Å². The summed E-state index contributed by atoms with van der Waals surface area (Å²) in [6.45, 7) is 2.94. The fourth-order valence-corrected chi connectivity index (χ4v) is 3.14. The third kappa shape index (κ3) is 3.57. The van der Waals surface area contributed by atoms with Gasteiger partial charge in [-0.3, -0.25) is 4.90 Å². The lowest BCUT2D eigenvalue weighted by molar-refractivity contribution is 0.330. The van der Waals surface area contributed by atoms with Crippen LogP contribution in [-0.4, -0.2) is 37.7 Å². The number of rotatable bonds is 5. The molecule has 1 aromatic carbocycles. The van der Waals surface area contributed by atoms with Crippen molar-refractivity contribution in [3.05, 3.63) is 54.1 Å². The number of ether oxygens (including phenoxy) is 1. The number of halogens is 1. The van der Waals surface area contributed by atoms with E-state index in [1.54, 1.807) is 24.4 Å². The maximum Gasteiger partial charge on any atom is 0.239 e. The van der Waals surface area contributed by atoms with E-state index in [0.29, 0.717) is 11.5 Å². The minimum atomic E-state index is -0.392. The van der Waals surface area contributed by atoms with E-state index in [1.165, 1.54) is 18.9 Å². The van der Waals surface area contributed by atoms with E-state index < -0.39 is 5.82 Å². The Kier molecular flexibility index (Phi) is 4.62. The average Bonchev–Trinajstić information content (AvgIpc) is 3.30. The molecule has 1 aliphatic rings. The van der Waals surface area contributed by atoms with Crippen molar-refractivity contribution in [3.63, 3.8) is 0 Å². The number of aryl methyl sites for hydroxylation is 1. The summed E-state index contributed by atoms with van der Waals surface area (Å²) >= 11 is 0. The number of imidazole rings is 1. The quantitative estimate of drug-likeness (QED) is 0.704. The normalized spacial score (nSPS) is 14.7. The molecule has 134 valence electrons. The number of hydrogen-bond donors (Lipinski definition) is 0. The summed E-state index contributed by atoms with van der Waals surface area (Å²) in [4.78, 5) is 6.55. The fourth-order valence-electron chi connectivity index (χ4n) is 3.14. The van der Waals surface area contributed by atoms with Crippen molar-refractivity contribution in [2.45, 2.75) is 19.4 Å². The summed E-state index contributed by atoms with van der Waals surface area (Å²) in [6, 6.07) is 8.49. The van der Waals surface area contributed by atoms with Crippen LogP contribution in [0.5, 0.6) is 11.6 Å². The van der Waals surface area contributed by atoms with Gasteiger partial charge in [0.15, 0.2) is 17.4 Å². The zero-order valence-electron chi connectivity index (χ0n) is 14.6. The van der Waals surface area contributed by atoms with Gasteiger partial charge < -0.3 is 9.30 Å². The lowest BCUT2D eigenvalue weighted by Crippen LogP contribution is -2.18. The highest BCUT2D eigenvalue weighted by atomic mass is 19.1. The topological polar surface area (TPSA) is 56.1 Å². The lowest BCUT2D eigenvalue weighted by Gasteiger charge is -2.15. The number of hydrogen-bond acceptors (Lipinski definition) is 5. The molecule has 1 saturated heterocycles. The second-order valence-electron chi connectivity index (χ2n) is 6.47. The summed E-state index contributed by atoms with van der Waals surface area (Å²) in [6.07, 6.45) is 5.97. The van der Waals surface area contributed by atoms with Crippen LogP contribution in [0.15, 0.2) is 42.7 Å². The van der Waals surface area contributed by atoms with Crippen LogP contribution in [0, 0.1) is 5.82 Å². The average molecular weight is 353 g/mol. The molecule has 0 saturated carbocycles. The summed E-state index contributed by atoms with van der Waals surface area (Å²) in [5.74, 6) is 0.710. The molecule has 0 N–H and O–H groups in total. The van der Waals surface area contributed by atoms with Crippen LogP contribution >= 0.6 is 0 Å². The van der Waals surface area contributed by atoms with Crippen molar-refractivity contribution in [1.82, 2.24) is 24.6 Å². The van der Waals surface area contributed by atoms with Gasteiger partial charge in [0.2, 0.25) is 5.88 Å². The van der Waals surface area contributed by atoms with Crippen molar-refractivity contribution >= 4 is 0 Å². The van der Waals surface area contributed by atoms with Gasteiger partial charge in [-0.15, -0.1) is 10.2 Å².